The van der Waals surface area contributed by atoms with Crippen LogP contribution < -0.4 is 5.32 Å². The maximum absolute atomic E-state index is 13.1. The molecule has 2 saturated heterocycles. The van der Waals surface area contributed by atoms with Gasteiger partial charge in [-0.25, -0.2) is 0 Å². The van der Waals surface area contributed by atoms with Gasteiger partial charge in [-0.3, -0.25) is 14.5 Å². The van der Waals surface area contributed by atoms with E-state index in [0.29, 0.717) is 5.92 Å². The highest BCUT2D eigenvalue weighted by atomic mass is 16.2. The van der Waals surface area contributed by atoms with Crippen molar-refractivity contribution < 1.29 is 9.59 Å². The Bertz CT molecular complexity index is 870. The number of carbonyl (C=O) groups excluding carboxylic acids is 2. The lowest BCUT2D eigenvalue weighted by Crippen LogP contribution is -2.52. The summed E-state index contributed by atoms with van der Waals surface area (Å²) in [6.07, 6.45) is 4.87. The Balaban J connectivity index is 1.21. The van der Waals surface area contributed by atoms with Crippen molar-refractivity contribution in [2.45, 2.75) is 45.1 Å². The van der Waals surface area contributed by atoms with Gasteiger partial charge in [-0.15, -0.1) is 0 Å². The molecule has 4 rings (SSSR count). The van der Waals surface area contributed by atoms with Gasteiger partial charge in [0, 0.05) is 24.7 Å². The molecular formula is C27H35N3O2. The summed E-state index contributed by atoms with van der Waals surface area (Å²) in [5.74, 6) is 1.02. The SMILES string of the molecule is CC(C(=O)N1CCC(Cc2ccccc2)CC1)N1CCC(C(=O)Nc2ccccc2)CC1. The van der Waals surface area contributed by atoms with Crippen LogP contribution in [-0.2, 0) is 16.0 Å². The van der Waals surface area contributed by atoms with E-state index in [-0.39, 0.29) is 23.8 Å². The topological polar surface area (TPSA) is 52.7 Å². The molecule has 0 spiro atoms. The number of anilines is 1. The number of para-hydroxylation sites is 1. The molecule has 2 fully saturated rings. The van der Waals surface area contributed by atoms with Crippen LogP contribution in [0.1, 0.15) is 38.2 Å². The van der Waals surface area contributed by atoms with Gasteiger partial charge in [0.15, 0.2) is 0 Å². The van der Waals surface area contributed by atoms with Crippen molar-refractivity contribution in [2.75, 3.05) is 31.5 Å². The first-order valence-electron chi connectivity index (χ1n) is 12.0. The Morgan fingerprint density at radius 3 is 2.09 bits per heavy atom. The summed E-state index contributed by atoms with van der Waals surface area (Å²) in [7, 11) is 0. The molecule has 1 atom stereocenters. The molecule has 5 heteroatoms. The highest BCUT2D eigenvalue weighted by Gasteiger charge is 2.33. The Morgan fingerprint density at radius 1 is 0.875 bits per heavy atom. The minimum Gasteiger partial charge on any atom is -0.341 e. The van der Waals surface area contributed by atoms with Crippen molar-refractivity contribution in [1.29, 1.82) is 0 Å². The largest absolute Gasteiger partial charge is 0.341 e. The smallest absolute Gasteiger partial charge is 0.239 e. The van der Waals surface area contributed by atoms with Crippen LogP contribution in [0, 0.1) is 11.8 Å². The summed E-state index contributed by atoms with van der Waals surface area (Å²) in [4.78, 5) is 30.0. The monoisotopic (exact) mass is 433 g/mol. The Labute approximate surface area is 191 Å². The maximum Gasteiger partial charge on any atom is 0.239 e. The van der Waals surface area contributed by atoms with Crippen LogP contribution in [0.2, 0.25) is 0 Å². The third kappa shape index (κ3) is 5.77. The van der Waals surface area contributed by atoms with Crippen molar-refractivity contribution >= 4 is 17.5 Å². The van der Waals surface area contributed by atoms with Crippen molar-refractivity contribution in [3.63, 3.8) is 0 Å². The minimum absolute atomic E-state index is 0.0162. The molecule has 2 aromatic rings. The lowest BCUT2D eigenvalue weighted by Gasteiger charge is -2.39. The molecule has 32 heavy (non-hydrogen) atoms. The molecule has 2 aromatic carbocycles. The molecule has 0 radical (unpaired) electrons. The van der Waals surface area contributed by atoms with Gasteiger partial charge >= 0.3 is 0 Å². The van der Waals surface area contributed by atoms with Gasteiger partial charge in [-0.05, 0) is 75.7 Å². The van der Waals surface area contributed by atoms with Gasteiger partial charge in [-0.1, -0.05) is 48.5 Å². The number of hydrogen-bond donors (Lipinski definition) is 1. The molecule has 1 N–H and O–H groups in total. The zero-order valence-corrected chi connectivity index (χ0v) is 19.1. The summed E-state index contributed by atoms with van der Waals surface area (Å²) >= 11 is 0. The molecule has 2 heterocycles. The van der Waals surface area contributed by atoms with E-state index >= 15 is 0 Å². The first-order valence-corrected chi connectivity index (χ1v) is 12.0. The van der Waals surface area contributed by atoms with Gasteiger partial charge in [0.2, 0.25) is 11.8 Å². The van der Waals surface area contributed by atoms with Gasteiger partial charge < -0.3 is 10.2 Å². The highest BCUT2D eigenvalue weighted by Crippen LogP contribution is 2.25. The highest BCUT2D eigenvalue weighted by molar-refractivity contribution is 5.92. The average Bonchev–Trinajstić information content (AvgIpc) is 2.85. The second kappa shape index (κ2) is 10.8. The summed E-state index contributed by atoms with van der Waals surface area (Å²) in [5.41, 5.74) is 2.24. The average molecular weight is 434 g/mol. The lowest BCUT2D eigenvalue weighted by molar-refractivity contribution is -0.138. The second-order valence-corrected chi connectivity index (χ2v) is 9.30. The normalized spacial score (nSPS) is 19.5. The zero-order valence-electron chi connectivity index (χ0n) is 19.1. The molecule has 1 unspecified atom stereocenters. The predicted molar refractivity (Wildman–Crippen MR) is 128 cm³/mol. The van der Waals surface area contributed by atoms with E-state index in [1.807, 2.05) is 37.3 Å². The van der Waals surface area contributed by atoms with E-state index in [9.17, 15) is 9.59 Å². The molecule has 0 saturated carbocycles. The van der Waals surface area contributed by atoms with E-state index in [2.05, 4.69) is 45.4 Å². The number of hydrogen-bond acceptors (Lipinski definition) is 3. The van der Waals surface area contributed by atoms with Gasteiger partial charge in [0.25, 0.3) is 0 Å². The van der Waals surface area contributed by atoms with Crippen LogP contribution in [-0.4, -0.2) is 53.8 Å². The molecular weight excluding hydrogens is 398 g/mol. The predicted octanol–water partition coefficient (Wildman–Crippen LogP) is 4.21. The van der Waals surface area contributed by atoms with E-state index in [4.69, 9.17) is 0 Å². The second-order valence-electron chi connectivity index (χ2n) is 9.30. The maximum atomic E-state index is 13.1. The van der Waals surface area contributed by atoms with Crippen molar-refractivity contribution in [1.82, 2.24) is 9.80 Å². The number of likely N-dealkylation sites (tertiary alicyclic amines) is 2. The number of benzene rings is 2. The van der Waals surface area contributed by atoms with Crippen LogP contribution in [0.5, 0.6) is 0 Å². The lowest BCUT2D eigenvalue weighted by atomic mass is 9.90. The fraction of sp³-hybridized carbons (Fsp3) is 0.481. The van der Waals surface area contributed by atoms with Crippen LogP contribution in [0.3, 0.4) is 0 Å². The molecule has 0 aromatic heterocycles. The Kier molecular flexibility index (Phi) is 7.59. The summed E-state index contributed by atoms with van der Waals surface area (Å²) < 4.78 is 0. The molecule has 2 aliphatic heterocycles. The Morgan fingerprint density at radius 2 is 1.47 bits per heavy atom. The van der Waals surface area contributed by atoms with Gasteiger partial charge in [0.1, 0.15) is 0 Å². The summed E-state index contributed by atoms with van der Waals surface area (Å²) in [6.45, 7) is 5.34. The fourth-order valence-electron chi connectivity index (χ4n) is 5.04. The number of amides is 2. The molecule has 0 aliphatic carbocycles. The number of nitrogens with one attached hydrogen (secondary N) is 1. The van der Waals surface area contributed by atoms with E-state index in [1.54, 1.807) is 0 Å². The van der Waals surface area contributed by atoms with Crippen LogP contribution >= 0.6 is 0 Å². The summed E-state index contributed by atoms with van der Waals surface area (Å²) in [6, 6.07) is 20.2. The standard InChI is InChI=1S/C27H35N3O2/c1-21(27(32)30-16-12-23(13-17-30)20-22-8-4-2-5-9-22)29-18-14-24(15-19-29)26(31)28-25-10-6-3-7-11-25/h2-11,21,23-24H,12-20H2,1H3,(H,28,31). The third-order valence-electron chi connectivity index (χ3n) is 7.14. The van der Waals surface area contributed by atoms with Crippen LogP contribution in [0.15, 0.2) is 60.7 Å². The minimum atomic E-state index is -0.112. The van der Waals surface area contributed by atoms with E-state index in [1.165, 1.54) is 5.56 Å². The van der Waals surface area contributed by atoms with E-state index < -0.39 is 0 Å². The van der Waals surface area contributed by atoms with Crippen molar-refractivity contribution in [3.05, 3.63) is 66.2 Å². The fourth-order valence-corrected chi connectivity index (χ4v) is 5.04. The number of nitrogens with zero attached hydrogens (tertiary/aromatic N) is 2. The van der Waals surface area contributed by atoms with E-state index in [0.717, 1.165) is 64.0 Å². The van der Waals surface area contributed by atoms with Crippen LogP contribution in [0.25, 0.3) is 0 Å². The van der Waals surface area contributed by atoms with Crippen molar-refractivity contribution in [2.24, 2.45) is 11.8 Å². The van der Waals surface area contributed by atoms with Gasteiger partial charge in [-0.2, -0.15) is 0 Å². The van der Waals surface area contributed by atoms with Crippen LogP contribution in [0.4, 0.5) is 5.69 Å². The molecule has 0 bridgehead atoms. The molecule has 170 valence electrons. The molecule has 5 nitrogen and oxygen atoms in total. The van der Waals surface area contributed by atoms with Crippen molar-refractivity contribution in [3.8, 4) is 0 Å². The third-order valence-corrected chi connectivity index (χ3v) is 7.14. The first kappa shape index (κ1) is 22.5. The number of piperidine rings is 2. The zero-order chi connectivity index (χ0) is 22.3. The van der Waals surface area contributed by atoms with Gasteiger partial charge in [0.05, 0.1) is 6.04 Å². The quantitative estimate of drug-likeness (QED) is 0.743. The molecule has 2 aliphatic rings. The number of rotatable bonds is 6. The first-order chi connectivity index (χ1) is 15.6. The summed E-state index contributed by atoms with van der Waals surface area (Å²) in [5, 5.41) is 3.02. The number of carbonyl (C=O) groups is 2. The Hall–Kier alpha value is -2.66. The molecule has 2 amide bonds.